The van der Waals surface area contributed by atoms with Crippen LogP contribution in [0.25, 0.3) is 0 Å². The molecular formula is C14H25NO. The molecule has 0 unspecified atom stereocenters. The maximum atomic E-state index is 11.7. The molecule has 1 heterocycles. The summed E-state index contributed by atoms with van der Waals surface area (Å²) in [4.78, 5) is 14.1. The Kier molecular flexibility index (Phi) is 3.39. The van der Waals surface area contributed by atoms with Gasteiger partial charge in [-0.1, -0.05) is 20.8 Å². The molecule has 0 aromatic carbocycles. The molecule has 2 heteroatoms. The van der Waals surface area contributed by atoms with Crippen molar-refractivity contribution in [3.8, 4) is 0 Å². The zero-order valence-corrected chi connectivity index (χ0v) is 11.0. The third kappa shape index (κ3) is 3.07. The molecule has 0 amide bonds. The molecule has 0 N–H and O–H groups in total. The molecule has 1 saturated carbocycles. The van der Waals surface area contributed by atoms with Gasteiger partial charge in [-0.3, -0.25) is 9.69 Å². The van der Waals surface area contributed by atoms with Gasteiger partial charge in [0.25, 0.3) is 0 Å². The number of Topliss-reactive ketones (excluding diaryl/α,β-unsaturated/α-hetero) is 1. The molecule has 92 valence electrons. The van der Waals surface area contributed by atoms with Crippen LogP contribution in [0.5, 0.6) is 0 Å². The van der Waals surface area contributed by atoms with E-state index in [2.05, 4.69) is 25.7 Å². The quantitative estimate of drug-likeness (QED) is 0.733. The van der Waals surface area contributed by atoms with Crippen molar-refractivity contribution < 1.29 is 4.79 Å². The predicted molar refractivity (Wildman–Crippen MR) is 66.4 cm³/mol. The molecule has 2 nitrogen and oxygen atoms in total. The van der Waals surface area contributed by atoms with Crippen molar-refractivity contribution in [3.05, 3.63) is 0 Å². The van der Waals surface area contributed by atoms with Gasteiger partial charge < -0.3 is 0 Å². The summed E-state index contributed by atoms with van der Waals surface area (Å²) in [6.45, 7) is 9.98. The Morgan fingerprint density at radius 2 is 1.69 bits per heavy atom. The highest BCUT2D eigenvalue weighted by molar-refractivity contribution is 5.84. The number of hydrogen-bond donors (Lipinski definition) is 0. The maximum absolute atomic E-state index is 11.7. The Morgan fingerprint density at radius 3 is 2.12 bits per heavy atom. The lowest BCUT2D eigenvalue weighted by Gasteiger charge is -2.38. The van der Waals surface area contributed by atoms with Gasteiger partial charge in [-0.2, -0.15) is 0 Å². The minimum atomic E-state index is 0.431. The second-order valence-electron chi connectivity index (χ2n) is 6.66. The van der Waals surface area contributed by atoms with Gasteiger partial charge in [-0.25, -0.2) is 0 Å². The molecule has 1 saturated heterocycles. The Hall–Kier alpha value is -0.370. The van der Waals surface area contributed by atoms with Crippen molar-refractivity contribution in [1.29, 1.82) is 0 Å². The van der Waals surface area contributed by atoms with Crippen LogP contribution >= 0.6 is 0 Å². The van der Waals surface area contributed by atoms with Gasteiger partial charge in [0.1, 0.15) is 5.78 Å². The molecular weight excluding hydrogens is 198 g/mol. The second-order valence-corrected chi connectivity index (χ2v) is 6.66. The van der Waals surface area contributed by atoms with Crippen molar-refractivity contribution in [2.24, 2.45) is 17.3 Å². The molecule has 0 spiro atoms. The standard InChI is InChI=1S/C14H25NO/c1-14(2,3)12-6-8-15(9-7-12)10-13(16)11-4-5-11/h11-12H,4-10H2,1-3H3. The third-order valence-electron chi connectivity index (χ3n) is 4.22. The van der Waals surface area contributed by atoms with Crippen molar-refractivity contribution in [2.75, 3.05) is 19.6 Å². The minimum absolute atomic E-state index is 0.431. The van der Waals surface area contributed by atoms with Crippen LogP contribution in [0.2, 0.25) is 0 Å². The molecule has 1 aliphatic heterocycles. The minimum Gasteiger partial charge on any atom is -0.298 e. The van der Waals surface area contributed by atoms with E-state index in [1.807, 2.05) is 0 Å². The molecule has 16 heavy (non-hydrogen) atoms. The monoisotopic (exact) mass is 223 g/mol. The van der Waals surface area contributed by atoms with Gasteiger partial charge in [-0.15, -0.1) is 0 Å². The number of piperidine rings is 1. The SMILES string of the molecule is CC(C)(C)C1CCN(CC(=O)C2CC2)CC1. The highest BCUT2D eigenvalue weighted by Gasteiger charge is 2.33. The van der Waals surface area contributed by atoms with E-state index in [0.29, 0.717) is 17.1 Å². The van der Waals surface area contributed by atoms with E-state index in [9.17, 15) is 4.79 Å². The molecule has 0 bridgehead atoms. The average Bonchev–Trinajstić information content (AvgIpc) is 3.00. The van der Waals surface area contributed by atoms with Crippen LogP contribution in [-0.4, -0.2) is 30.3 Å². The van der Waals surface area contributed by atoms with Crippen LogP contribution < -0.4 is 0 Å². The van der Waals surface area contributed by atoms with Gasteiger partial charge in [0.15, 0.2) is 0 Å². The van der Waals surface area contributed by atoms with Gasteiger partial charge in [0.05, 0.1) is 6.54 Å². The highest BCUT2D eigenvalue weighted by atomic mass is 16.1. The number of carbonyl (C=O) groups is 1. The lowest BCUT2D eigenvalue weighted by Crippen LogP contribution is -2.40. The van der Waals surface area contributed by atoms with E-state index in [-0.39, 0.29) is 0 Å². The summed E-state index contributed by atoms with van der Waals surface area (Å²) < 4.78 is 0. The van der Waals surface area contributed by atoms with E-state index in [0.717, 1.165) is 38.4 Å². The number of ketones is 1. The van der Waals surface area contributed by atoms with E-state index in [1.54, 1.807) is 0 Å². The Morgan fingerprint density at radius 1 is 1.12 bits per heavy atom. The highest BCUT2D eigenvalue weighted by Crippen LogP contribution is 2.35. The van der Waals surface area contributed by atoms with Crippen LogP contribution in [0.4, 0.5) is 0 Å². The average molecular weight is 223 g/mol. The van der Waals surface area contributed by atoms with Crippen LogP contribution in [0.15, 0.2) is 0 Å². The third-order valence-corrected chi connectivity index (χ3v) is 4.22. The molecule has 2 aliphatic rings. The largest absolute Gasteiger partial charge is 0.298 e. The molecule has 2 fully saturated rings. The zero-order chi connectivity index (χ0) is 11.8. The van der Waals surface area contributed by atoms with Crippen LogP contribution in [0.1, 0.15) is 46.5 Å². The number of nitrogens with zero attached hydrogens (tertiary/aromatic N) is 1. The summed E-state index contributed by atoms with van der Waals surface area (Å²) >= 11 is 0. The summed E-state index contributed by atoms with van der Waals surface area (Å²) in [7, 11) is 0. The number of hydrogen-bond acceptors (Lipinski definition) is 2. The lowest BCUT2D eigenvalue weighted by molar-refractivity contribution is -0.121. The fourth-order valence-electron chi connectivity index (χ4n) is 2.71. The van der Waals surface area contributed by atoms with Crippen molar-refractivity contribution in [2.45, 2.75) is 46.5 Å². The van der Waals surface area contributed by atoms with Gasteiger partial charge in [-0.05, 0) is 50.1 Å². The van der Waals surface area contributed by atoms with Crippen LogP contribution in [-0.2, 0) is 4.79 Å². The van der Waals surface area contributed by atoms with Gasteiger partial charge in [0, 0.05) is 5.92 Å². The lowest BCUT2D eigenvalue weighted by atomic mass is 9.75. The van der Waals surface area contributed by atoms with Gasteiger partial charge in [0.2, 0.25) is 0 Å². The Bertz CT molecular complexity index is 254. The molecule has 1 aliphatic carbocycles. The van der Waals surface area contributed by atoms with Crippen LogP contribution in [0, 0.1) is 17.3 Å². The molecule has 0 aromatic rings. The first-order valence-electron chi connectivity index (χ1n) is 6.72. The second kappa shape index (κ2) is 4.48. The normalized spacial score (nSPS) is 24.7. The number of rotatable bonds is 3. The number of likely N-dealkylation sites (tertiary alicyclic amines) is 1. The van der Waals surface area contributed by atoms with Crippen molar-refractivity contribution in [1.82, 2.24) is 4.90 Å². The van der Waals surface area contributed by atoms with E-state index >= 15 is 0 Å². The predicted octanol–water partition coefficient (Wildman–Crippen LogP) is 2.72. The molecule has 0 aromatic heterocycles. The smallest absolute Gasteiger partial charge is 0.149 e. The summed E-state index contributed by atoms with van der Waals surface area (Å²) in [5.74, 6) is 1.76. The molecule has 2 rings (SSSR count). The fourth-order valence-corrected chi connectivity index (χ4v) is 2.71. The number of carbonyl (C=O) groups excluding carboxylic acids is 1. The first kappa shape index (κ1) is 12.1. The first-order valence-corrected chi connectivity index (χ1v) is 6.72. The van der Waals surface area contributed by atoms with Crippen LogP contribution in [0.3, 0.4) is 0 Å². The summed E-state index contributed by atoms with van der Waals surface area (Å²) in [5.41, 5.74) is 0.437. The van der Waals surface area contributed by atoms with E-state index in [1.165, 1.54) is 12.8 Å². The van der Waals surface area contributed by atoms with E-state index in [4.69, 9.17) is 0 Å². The summed E-state index contributed by atoms with van der Waals surface area (Å²) in [6, 6.07) is 0. The Balaban J connectivity index is 1.74. The van der Waals surface area contributed by atoms with Gasteiger partial charge >= 0.3 is 0 Å². The van der Waals surface area contributed by atoms with E-state index < -0.39 is 0 Å². The topological polar surface area (TPSA) is 20.3 Å². The maximum Gasteiger partial charge on any atom is 0.149 e. The Labute approximate surface area is 99.4 Å². The van der Waals surface area contributed by atoms with Crippen molar-refractivity contribution >= 4 is 5.78 Å². The first-order chi connectivity index (χ1) is 7.47. The summed E-state index contributed by atoms with van der Waals surface area (Å²) in [6.07, 6.45) is 4.83. The summed E-state index contributed by atoms with van der Waals surface area (Å²) in [5, 5.41) is 0. The van der Waals surface area contributed by atoms with Crippen molar-refractivity contribution in [3.63, 3.8) is 0 Å². The molecule has 0 atom stereocenters. The fraction of sp³-hybridized carbons (Fsp3) is 0.929. The molecule has 0 radical (unpaired) electrons. The zero-order valence-electron chi connectivity index (χ0n) is 11.0.